The summed E-state index contributed by atoms with van der Waals surface area (Å²) in [5, 5.41) is 2.94. The first kappa shape index (κ1) is 20.9. The third kappa shape index (κ3) is 3.96. The van der Waals surface area contributed by atoms with Gasteiger partial charge in [-0.05, 0) is 24.6 Å². The van der Waals surface area contributed by atoms with E-state index in [1.807, 2.05) is 0 Å². The largest absolute Gasteiger partial charge is 0.369 e. The summed E-state index contributed by atoms with van der Waals surface area (Å²) in [6, 6.07) is 11.6. The number of hydrogen-bond donors (Lipinski definition) is 1. The van der Waals surface area contributed by atoms with Crippen molar-refractivity contribution in [3.63, 3.8) is 0 Å². The lowest BCUT2D eigenvalue weighted by Gasteiger charge is -2.46. The molecule has 2 aromatic rings. The van der Waals surface area contributed by atoms with Crippen LogP contribution in [0.5, 0.6) is 0 Å². The summed E-state index contributed by atoms with van der Waals surface area (Å²) in [5.74, 6) is -2.11. The minimum Gasteiger partial charge on any atom is -0.369 e. The maximum Gasteiger partial charge on any atom is 0.264 e. The maximum absolute atomic E-state index is 14.7. The van der Waals surface area contributed by atoms with Gasteiger partial charge in [-0.3, -0.25) is 4.79 Å². The maximum atomic E-state index is 14.7. The number of ether oxygens (including phenoxy) is 1. The second-order valence-corrected chi connectivity index (χ2v) is 8.22. The lowest BCUT2D eigenvalue weighted by atomic mass is 9.75. The van der Waals surface area contributed by atoms with Gasteiger partial charge in [-0.1, -0.05) is 36.0 Å². The van der Waals surface area contributed by atoms with Crippen LogP contribution in [0.4, 0.5) is 17.6 Å². The van der Waals surface area contributed by atoms with Crippen molar-refractivity contribution >= 4 is 22.8 Å². The lowest BCUT2D eigenvalue weighted by molar-refractivity contribution is -0.121. The zero-order chi connectivity index (χ0) is 21.3. The van der Waals surface area contributed by atoms with Crippen molar-refractivity contribution in [2.24, 2.45) is 10.9 Å². The summed E-state index contributed by atoms with van der Waals surface area (Å²) < 4.78 is 60.0. The van der Waals surface area contributed by atoms with Gasteiger partial charge < -0.3 is 10.1 Å². The number of halogens is 4. The molecular formula is C21H18F4N2O2S. The number of thioether (sulfide) groups is 1. The fourth-order valence-corrected chi connectivity index (χ4v) is 4.98. The van der Waals surface area contributed by atoms with E-state index in [2.05, 4.69) is 10.3 Å². The van der Waals surface area contributed by atoms with Crippen LogP contribution in [0.2, 0.25) is 0 Å². The zero-order valence-corrected chi connectivity index (χ0v) is 16.5. The van der Waals surface area contributed by atoms with Crippen LogP contribution < -0.4 is 5.32 Å². The molecule has 0 spiro atoms. The molecule has 1 amide bonds. The highest BCUT2D eigenvalue weighted by Crippen LogP contribution is 2.47. The van der Waals surface area contributed by atoms with Gasteiger partial charge in [0.1, 0.15) is 23.3 Å². The van der Waals surface area contributed by atoms with Crippen molar-refractivity contribution in [3.8, 4) is 0 Å². The molecule has 0 radical (unpaired) electrons. The van der Waals surface area contributed by atoms with E-state index in [1.165, 1.54) is 17.8 Å². The lowest BCUT2D eigenvalue weighted by Crippen LogP contribution is -2.52. The number of aliphatic imine (C=N–C) groups is 1. The molecule has 158 valence electrons. The highest BCUT2D eigenvalue weighted by atomic mass is 32.2. The molecule has 2 aliphatic heterocycles. The predicted octanol–water partition coefficient (Wildman–Crippen LogP) is 4.36. The molecule has 2 heterocycles. The van der Waals surface area contributed by atoms with Crippen LogP contribution >= 0.6 is 11.8 Å². The van der Waals surface area contributed by atoms with Crippen LogP contribution in [-0.4, -0.2) is 36.0 Å². The Hall–Kier alpha value is -2.39. The van der Waals surface area contributed by atoms with Gasteiger partial charge in [0.05, 0.1) is 6.61 Å². The molecule has 0 bridgehead atoms. The van der Waals surface area contributed by atoms with Crippen molar-refractivity contribution in [1.29, 1.82) is 0 Å². The van der Waals surface area contributed by atoms with Crippen molar-refractivity contribution in [2.75, 3.05) is 12.4 Å². The summed E-state index contributed by atoms with van der Waals surface area (Å²) in [7, 11) is 0. The molecule has 4 rings (SSSR count). The van der Waals surface area contributed by atoms with Gasteiger partial charge in [-0.25, -0.2) is 22.6 Å². The van der Waals surface area contributed by atoms with Crippen molar-refractivity contribution in [1.82, 2.24) is 5.32 Å². The fourth-order valence-electron chi connectivity index (χ4n) is 3.81. The molecule has 0 aromatic heterocycles. The molecule has 4 nitrogen and oxygen atoms in total. The Bertz CT molecular complexity index is 973. The Morgan fingerprint density at radius 2 is 1.97 bits per heavy atom. The number of rotatable bonds is 3. The first-order valence-corrected chi connectivity index (χ1v) is 10.3. The molecule has 1 fully saturated rings. The number of carbonyl (C=O) groups is 1. The number of amidine groups is 1. The first-order valence-electron chi connectivity index (χ1n) is 9.33. The topological polar surface area (TPSA) is 50.7 Å². The number of fused-ring (bicyclic) bond motifs is 1. The Kier molecular flexibility index (Phi) is 5.84. The van der Waals surface area contributed by atoms with E-state index in [1.54, 1.807) is 30.3 Å². The summed E-state index contributed by atoms with van der Waals surface area (Å²) in [6.45, 7) is -0.291. The van der Waals surface area contributed by atoms with Crippen molar-refractivity contribution < 1.29 is 27.1 Å². The van der Waals surface area contributed by atoms with Crippen LogP contribution in [0.15, 0.2) is 53.5 Å². The third-order valence-corrected chi connectivity index (χ3v) is 6.40. The molecule has 9 heteroatoms. The highest BCUT2D eigenvalue weighted by Gasteiger charge is 2.51. The van der Waals surface area contributed by atoms with E-state index in [9.17, 15) is 22.4 Å². The van der Waals surface area contributed by atoms with Crippen LogP contribution in [0.1, 0.15) is 22.3 Å². The van der Waals surface area contributed by atoms with E-state index in [-0.39, 0.29) is 23.8 Å². The van der Waals surface area contributed by atoms with Gasteiger partial charge >= 0.3 is 0 Å². The van der Waals surface area contributed by atoms with E-state index in [4.69, 9.17) is 4.74 Å². The molecule has 2 aliphatic rings. The Labute approximate surface area is 174 Å². The summed E-state index contributed by atoms with van der Waals surface area (Å²) >= 11 is 1.21. The van der Waals surface area contributed by atoms with Crippen molar-refractivity contribution in [3.05, 3.63) is 71.3 Å². The molecule has 3 unspecified atom stereocenters. The van der Waals surface area contributed by atoms with E-state index in [0.717, 1.165) is 12.1 Å². The van der Waals surface area contributed by atoms with Gasteiger partial charge in [0, 0.05) is 28.9 Å². The number of nitrogens with zero attached hydrogens (tertiary/aromatic N) is 1. The van der Waals surface area contributed by atoms with Crippen LogP contribution in [0.3, 0.4) is 0 Å². The molecular weight excluding hydrogens is 420 g/mol. The second kappa shape index (κ2) is 8.39. The summed E-state index contributed by atoms with van der Waals surface area (Å²) in [5.41, 5.74) is -0.843. The summed E-state index contributed by atoms with van der Waals surface area (Å²) in [4.78, 5) is 17.1. The minimum atomic E-state index is -2.67. The number of hydrogen-bond acceptors (Lipinski definition) is 4. The summed E-state index contributed by atoms with van der Waals surface area (Å²) in [6.07, 6.45) is -3.97. The smallest absolute Gasteiger partial charge is 0.264 e. The normalized spacial score (nSPS) is 26.1. The van der Waals surface area contributed by atoms with E-state index < -0.39 is 41.5 Å². The van der Waals surface area contributed by atoms with E-state index >= 15 is 0 Å². The first-order chi connectivity index (χ1) is 14.4. The monoisotopic (exact) mass is 438 g/mol. The molecule has 0 aliphatic carbocycles. The number of benzene rings is 2. The van der Waals surface area contributed by atoms with Crippen LogP contribution in [-0.2, 0) is 10.3 Å². The Morgan fingerprint density at radius 1 is 1.20 bits per heavy atom. The molecule has 3 atom stereocenters. The molecule has 2 aromatic carbocycles. The van der Waals surface area contributed by atoms with Crippen LogP contribution in [0.25, 0.3) is 0 Å². The van der Waals surface area contributed by atoms with Crippen LogP contribution in [0, 0.1) is 17.6 Å². The van der Waals surface area contributed by atoms with Gasteiger partial charge in [0.2, 0.25) is 0 Å². The number of carbonyl (C=O) groups excluding carboxylic acids is 1. The van der Waals surface area contributed by atoms with E-state index in [0.29, 0.717) is 11.3 Å². The number of amides is 1. The Balaban J connectivity index is 1.70. The van der Waals surface area contributed by atoms with Gasteiger partial charge in [-0.2, -0.15) is 0 Å². The molecule has 30 heavy (non-hydrogen) atoms. The standard InChI is InChI=1S/C21H18F4N2O2S/c22-14-6-7-15(16(23)9-14)21-11-29-17(18(24)25)8-13(21)10-30-20(27-21)26-19(28)12-4-2-1-3-5-12/h1-7,9,13,17-18H,8,10-11H2,(H,26,27,28). The third-order valence-electron chi connectivity index (χ3n) is 5.37. The fraction of sp³-hybridized carbons (Fsp3) is 0.333. The zero-order valence-electron chi connectivity index (χ0n) is 15.7. The van der Waals surface area contributed by atoms with Gasteiger partial charge in [-0.15, -0.1) is 0 Å². The average molecular weight is 438 g/mol. The van der Waals surface area contributed by atoms with Gasteiger partial charge in [0.15, 0.2) is 5.17 Å². The molecule has 1 saturated heterocycles. The SMILES string of the molecule is O=C(NC1=NC2(c3ccc(F)cc3F)COC(C(F)F)CC2CS1)c1ccccc1. The number of alkyl halides is 2. The Morgan fingerprint density at radius 3 is 2.67 bits per heavy atom. The highest BCUT2D eigenvalue weighted by molar-refractivity contribution is 8.13. The molecule has 1 N–H and O–H groups in total. The number of nitrogens with one attached hydrogen (secondary N) is 1. The quantitative estimate of drug-likeness (QED) is 0.725. The predicted molar refractivity (Wildman–Crippen MR) is 106 cm³/mol. The van der Waals surface area contributed by atoms with Gasteiger partial charge in [0.25, 0.3) is 12.3 Å². The second-order valence-electron chi connectivity index (χ2n) is 7.21. The van der Waals surface area contributed by atoms with Crippen molar-refractivity contribution in [2.45, 2.75) is 24.5 Å². The molecule has 0 saturated carbocycles. The minimum absolute atomic E-state index is 0.0229. The average Bonchev–Trinajstić information content (AvgIpc) is 2.73.